The smallest absolute Gasteiger partial charge is 0.253 e. The predicted octanol–water partition coefficient (Wildman–Crippen LogP) is 2.17. The van der Waals surface area contributed by atoms with Gasteiger partial charge in [0.25, 0.3) is 5.91 Å². The van der Waals surface area contributed by atoms with Gasteiger partial charge in [-0.25, -0.2) is 0 Å². The molecule has 1 N–H and O–H groups in total. The molecule has 2 aliphatic rings. The fourth-order valence-electron chi connectivity index (χ4n) is 3.26. The van der Waals surface area contributed by atoms with E-state index >= 15 is 0 Å². The van der Waals surface area contributed by atoms with Gasteiger partial charge in [0.2, 0.25) is 5.91 Å². The van der Waals surface area contributed by atoms with E-state index in [1.807, 2.05) is 29.2 Å². The highest BCUT2D eigenvalue weighted by Gasteiger charge is 2.35. The van der Waals surface area contributed by atoms with Gasteiger partial charge in [0.05, 0.1) is 0 Å². The zero-order valence-electron chi connectivity index (χ0n) is 11.8. The lowest BCUT2D eigenvalue weighted by Crippen LogP contribution is -2.55. The molecule has 1 aromatic rings. The van der Waals surface area contributed by atoms with Crippen molar-refractivity contribution in [2.24, 2.45) is 5.92 Å². The van der Waals surface area contributed by atoms with Gasteiger partial charge >= 0.3 is 0 Å². The third-order valence-corrected chi connectivity index (χ3v) is 4.75. The van der Waals surface area contributed by atoms with Crippen molar-refractivity contribution in [1.29, 1.82) is 0 Å². The molecule has 1 aromatic carbocycles. The number of halogens is 1. The van der Waals surface area contributed by atoms with Crippen LogP contribution in [0.15, 0.2) is 24.3 Å². The van der Waals surface area contributed by atoms with Crippen LogP contribution in [0.25, 0.3) is 0 Å². The number of nitrogens with one attached hydrogen (secondary N) is 1. The minimum absolute atomic E-state index is 0.0670. The molecule has 112 valence electrons. The topological polar surface area (TPSA) is 49.4 Å². The number of piperidine rings is 2. The third-order valence-electron chi connectivity index (χ3n) is 4.44. The molecule has 0 spiro atoms. The summed E-state index contributed by atoms with van der Waals surface area (Å²) < 4.78 is 0. The molecule has 0 aliphatic carbocycles. The number of nitrogens with zero attached hydrogens (tertiary/aromatic N) is 1. The number of alkyl halides is 1. The lowest BCUT2D eigenvalue weighted by molar-refractivity contribution is -0.125. The van der Waals surface area contributed by atoms with Crippen LogP contribution in [0.3, 0.4) is 0 Å². The number of amides is 2. The lowest BCUT2D eigenvalue weighted by atomic mass is 9.85. The van der Waals surface area contributed by atoms with Crippen LogP contribution in [0.4, 0.5) is 0 Å². The molecule has 0 aromatic heterocycles. The van der Waals surface area contributed by atoms with Gasteiger partial charge in [0.1, 0.15) is 0 Å². The van der Waals surface area contributed by atoms with Gasteiger partial charge in [-0.2, -0.15) is 0 Å². The van der Waals surface area contributed by atoms with E-state index in [4.69, 9.17) is 11.6 Å². The molecule has 21 heavy (non-hydrogen) atoms. The van der Waals surface area contributed by atoms with E-state index in [9.17, 15) is 9.59 Å². The molecule has 0 bridgehead atoms. The molecule has 2 unspecified atom stereocenters. The van der Waals surface area contributed by atoms with E-state index in [0.717, 1.165) is 24.9 Å². The van der Waals surface area contributed by atoms with E-state index in [-0.39, 0.29) is 17.9 Å². The van der Waals surface area contributed by atoms with Gasteiger partial charge in [-0.15, -0.1) is 11.6 Å². The van der Waals surface area contributed by atoms with Gasteiger partial charge in [0, 0.05) is 37.0 Å². The maximum absolute atomic E-state index is 12.6. The van der Waals surface area contributed by atoms with Gasteiger partial charge in [0.15, 0.2) is 0 Å². The summed E-state index contributed by atoms with van der Waals surface area (Å²) >= 11 is 5.83. The quantitative estimate of drug-likeness (QED) is 0.851. The third kappa shape index (κ3) is 3.05. The fraction of sp³-hybridized carbons (Fsp3) is 0.500. The normalized spacial score (nSPS) is 25.2. The summed E-state index contributed by atoms with van der Waals surface area (Å²) in [5.41, 5.74) is 1.66. The van der Waals surface area contributed by atoms with E-state index in [1.54, 1.807) is 0 Å². The molecule has 4 nitrogen and oxygen atoms in total. The summed E-state index contributed by atoms with van der Waals surface area (Å²) in [4.78, 5) is 25.9. The number of hydrogen-bond acceptors (Lipinski definition) is 2. The van der Waals surface area contributed by atoms with Crippen LogP contribution in [-0.4, -0.2) is 35.8 Å². The molecular formula is C16H19ClN2O2. The van der Waals surface area contributed by atoms with Crippen LogP contribution in [0, 0.1) is 5.92 Å². The zero-order chi connectivity index (χ0) is 14.8. The molecule has 0 saturated carbocycles. The summed E-state index contributed by atoms with van der Waals surface area (Å²) in [6.07, 6.45) is 2.30. The molecular weight excluding hydrogens is 288 g/mol. The Bertz CT molecular complexity index is 561. The summed E-state index contributed by atoms with van der Waals surface area (Å²) in [6, 6.07) is 7.74. The first-order chi connectivity index (χ1) is 10.2. The highest BCUT2D eigenvalue weighted by atomic mass is 35.5. The standard InChI is InChI=1S/C16H19ClN2O2/c17-9-11-2-1-3-12(8-11)16(21)19-7-6-14-13(10-19)4-5-15(20)18-14/h1-3,8,13-14H,4-7,9-10H2,(H,18,20). The van der Waals surface area contributed by atoms with Crippen molar-refractivity contribution >= 4 is 23.4 Å². The second-order valence-corrected chi connectivity index (χ2v) is 6.11. The van der Waals surface area contributed by atoms with Gasteiger partial charge in [-0.3, -0.25) is 9.59 Å². The Labute approximate surface area is 129 Å². The Morgan fingerprint density at radius 2 is 2.24 bits per heavy atom. The highest BCUT2D eigenvalue weighted by molar-refractivity contribution is 6.17. The molecule has 2 atom stereocenters. The summed E-state index contributed by atoms with van der Waals surface area (Å²) in [7, 11) is 0. The largest absolute Gasteiger partial charge is 0.353 e. The number of hydrogen-bond donors (Lipinski definition) is 1. The van der Waals surface area contributed by atoms with E-state index in [1.165, 1.54) is 0 Å². The molecule has 5 heteroatoms. The Kier molecular flexibility index (Phi) is 4.15. The van der Waals surface area contributed by atoms with Crippen molar-refractivity contribution in [3.8, 4) is 0 Å². The van der Waals surface area contributed by atoms with Crippen LogP contribution in [0.5, 0.6) is 0 Å². The Morgan fingerprint density at radius 3 is 3.05 bits per heavy atom. The number of benzene rings is 1. The second kappa shape index (κ2) is 6.06. The van der Waals surface area contributed by atoms with Crippen LogP contribution < -0.4 is 5.32 Å². The predicted molar refractivity (Wildman–Crippen MR) is 81.2 cm³/mol. The maximum Gasteiger partial charge on any atom is 0.253 e. The Hall–Kier alpha value is -1.55. The Balaban J connectivity index is 1.70. The average Bonchev–Trinajstić information content (AvgIpc) is 2.53. The molecule has 2 amide bonds. The van der Waals surface area contributed by atoms with E-state index in [0.29, 0.717) is 30.3 Å². The van der Waals surface area contributed by atoms with Crippen molar-refractivity contribution in [2.75, 3.05) is 13.1 Å². The molecule has 0 radical (unpaired) electrons. The first-order valence-corrected chi connectivity index (χ1v) is 7.94. The Morgan fingerprint density at radius 1 is 1.38 bits per heavy atom. The minimum atomic E-state index is 0.0670. The molecule has 2 aliphatic heterocycles. The second-order valence-electron chi connectivity index (χ2n) is 5.85. The molecule has 3 rings (SSSR count). The van der Waals surface area contributed by atoms with Crippen molar-refractivity contribution in [1.82, 2.24) is 10.2 Å². The van der Waals surface area contributed by atoms with Crippen LogP contribution in [-0.2, 0) is 10.7 Å². The highest BCUT2D eigenvalue weighted by Crippen LogP contribution is 2.26. The van der Waals surface area contributed by atoms with Crippen molar-refractivity contribution in [2.45, 2.75) is 31.2 Å². The van der Waals surface area contributed by atoms with Crippen molar-refractivity contribution < 1.29 is 9.59 Å². The van der Waals surface area contributed by atoms with Crippen molar-refractivity contribution in [3.05, 3.63) is 35.4 Å². The van der Waals surface area contributed by atoms with Crippen molar-refractivity contribution in [3.63, 3.8) is 0 Å². The number of rotatable bonds is 2. The van der Waals surface area contributed by atoms with Crippen LogP contribution in [0.1, 0.15) is 35.2 Å². The molecule has 2 fully saturated rings. The monoisotopic (exact) mass is 306 g/mol. The van der Waals surface area contributed by atoms with E-state index in [2.05, 4.69) is 5.32 Å². The fourth-order valence-corrected chi connectivity index (χ4v) is 3.43. The van der Waals surface area contributed by atoms with Crippen LogP contribution in [0.2, 0.25) is 0 Å². The number of carbonyl (C=O) groups is 2. The summed E-state index contributed by atoms with van der Waals surface area (Å²) in [5.74, 6) is 1.01. The number of carbonyl (C=O) groups excluding carboxylic acids is 2. The minimum Gasteiger partial charge on any atom is -0.353 e. The first kappa shape index (κ1) is 14.4. The maximum atomic E-state index is 12.6. The SMILES string of the molecule is O=C1CCC2CN(C(=O)c3cccc(CCl)c3)CCC2N1. The van der Waals surface area contributed by atoms with Gasteiger partial charge < -0.3 is 10.2 Å². The lowest BCUT2D eigenvalue weighted by Gasteiger charge is -2.41. The summed E-state index contributed by atoms with van der Waals surface area (Å²) in [5, 5.41) is 3.04. The number of fused-ring (bicyclic) bond motifs is 1. The average molecular weight is 307 g/mol. The van der Waals surface area contributed by atoms with Crippen LogP contribution >= 0.6 is 11.6 Å². The molecule has 2 saturated heterocycles. The number of likely N-dealkylation sites (tertiary alicyclic amines) is 1. The van der Waals surface area contributed by atoms with E-state index < -0.39 is 0 Å². The first-order valence-electron chi connectivity index (χ1n) is 7.41. The summed E-state index contributed by atoms with van der Waals surface area (Å²) in [6.45, 7) is 1.43. The zero-order valence-corrected chi connectivity index (χ0v) is 12.6. The van der Waals surface area contributed by atoms with Gasteiger partial charge in [-0.05, 0) is 36.5 Å². The van der Waals surface area contributed by atoms with Gasteiger partial charge in [-0.1, -0.05) is 12.1 Å². The molecule has 2 heterocycles.